The van der Waals surface area contributed by atoms with Gasteiger partial charge >= 0.3 is 0 Å². The number of amides is 1. The van der Waals surface area contributed by atoms with Gasteiger partial charge in [0.2, 0.25) is 0 Å². The van der Waals surface area contributed by atoms with Crippen molar-refractivity contribution in [2.24, 2.45) is 0 Å². The molecule has 0 bridgehead atoms. The van der Waals surface area contributed by atoms with Gasteiger partial charge in [0.05, 0.1) is 12.8 Å². The zero-order valence-corrected chi connectivity index (χ0v) is 17.6. The number of thiazole rings is 1. The van der Waals surface area contributed by atoms with Crippen LogP contribution in [0.25, 0.3) is 11.3 Å². The van der Waals surface area contributed by atoms with Crippen LogP contribution >= 0.6 is 27.3 Å². The average Bonchev–Trinajstić information content (AvgIpc) is 3.09. The minimum atomic E-state index is -0.243. The Balaban J connectivity index is 1.61. The molecule has 0 aliphatic rings. The first-order valence-electron chi connectivity index (χ1n) is 8.25. The summed E-state index contributed by atoms with van der Waals surface area (Å²) in [6, 6.07) is 11.5. The molecule has 0 saturated heterocycles. The van der Waals surface area contributed by atoms with Crippen molar-refractivity contribution >= 4 is 38.3 Å². The molecule has 1 aromatic heterocycles. The van der Waals surface area contributed by atoms with Crippen LogP contribution in [0.4, 0.5) is 5.13 Å². The van der Waals surface area contributed by atoms with Crippen molar-refractivity contribution in [1.29, 1.82) is 0 Å². The smallest absolute Gasteiger partial charge is 0.264 e. The van der Waals surface area contributed by atoms with Crippen LogP contribution < -0.4 is 14.8 Å². The van der Waals surface area contributed by atoms with E-state index in [9.17, 15) is 4.79 Å². The molecule has 0 aliphatic heterocycles. The number of carbonyl (C=O) groups is 1. The van der Waals surface area contributed by atoms with Gasteiger partial charge in [-0.3, -0.25) is 10.1 Å². The maximum atomic E-state index is 12.2. The fraction of sp³-hybridized carbons (Fsp3) is 0.200. The highest BCUT2D eigenvalue weighted by molar-refractivity contribution is 9.10. The molecule has 0 atom stereocenters. The lowest BCUT2D eigenvalue weighted by Gasteiger charge is -2.12. The molecule has 1 amide bonds. The van der Waals surface area contributed by atoms with Crippen molar-refractivity contribution in [3.8, 4) is 22.8 Å². The molecular weight excluding hydrogens is 428 g/mol. The number of hydrogen-bond donors (Lipinski definition) is 1. The lowest BCUT2D eigenvalue weighted by atomic mass is 10.1. The van der Waals surface area contributed by atoms with E-state index in [1.54, 1.807) is 7.11 Å². The standard InChI is InChI=1S/C20H19BrN2O3S/c1-12-8-15(21)9-13(2)19(12)26-10-18(24)23-20-22-17(11-27-20)14-4-6-16(25-3)7-5-14/h4-9,11H,10H2,1-3H3,(H,22,23,24). The lowest BCUT2D eigenvalue weighted by molar-refractivity contribution is -0.118. The van der Waals surface area contributed by atoms with E-state index in [4.69, 9.17) is 9.47 Å². The Labute approximate surface area is 170 Å². The fourth-order valence-corrected chi connectivity index (χ4v) is 4.07. The minimum absolute atomic E-state index is 0.0687. The molecule has 1 heterocycles. The molecule has 3 aromatic rings. The van der Waals surface area contributed by atoms with E-state index in [-0.39, 0.29) is 12.5 Å². The summed E-state index contributed by atoms with van der Waals surface area (Å²) in [5.41, 5.74) is 3.72. The van der Waals surface area contributed by atoms with Crippen LogP contribution in [0.3, 0.4) is 0 Å². The van der Waals surface area contributed by atoms with E-state index < -0.39 is 0 Å². The number of nitrogens with one attached hydrogen (secondary N) is 1. The molecule has 0 radical (unpaired) electrons. The van der Waals surface area contributed by atoms with E-state index in [0.29, 0.717) is 5.13 Å². The normalized spacial score (nSPS) is 10.5. The molecule has 3 rings (SSSR count). The minimum Gasteiger partial charge on any atom is -0.497 e. The predicted octanol–water partition coefficient (Wildman–Crippen LogP) is 5.22. The van der Waals surface area contributed by atoms with Gasteiger partial charge in [-0.1, -0.05) is 15.9 Å². The summed E-state index contributed by atoms with van der Waals surface area (Å²) < 4.78 is 11.9. The molecule has 140 valence electrons. The van der Waals surface area contributed by atoms with Gasteiger partial charge in [-0.2, -0.15) is 0 Å². The quantitative estimate of drug-likeness (QED) is 0.563. The molecule has 0 saturated carbocycles. The second kappa shape index (κ2) is 8.54. The summed E-state index contributed by atoms with van der Waals surface area (Å²) in [7, 11) is 1.63. The number of hydrogen-bond acceptors (Lipinski definition) is 5. The molecule has 0 spiro atoms. The van der Waals surface area contributed by atoms with E-state index in [0.717, 1.165) is 38.4 Å². The van der Waals surface area contributed by atoms with Crippen LogP contribution in [0, 0.1) is 13.8 Å². The Kier molecular flexibility index (Phi) is 6.13. The van der Waals surface area contributed by atoms with Crippen molar-refractivity contribution in [3.63, 3.8) is 0 Å². The van der Waals surface area contributed by atoms with E-state index in [1.807, 2.05) is 55.6 Å². The van der Waals surface area contributed by atoms with Crippen molar-refractivity contribution < 1.29 is 14.3 Å². The third-order valence-corrected chi connectivity index (χ3v) is 5.12. The van der Waals surface area contributed by atoms with Crippen molar-refractivity contribution in [2.45, 2.75) is 13.8 Å². The van der Waals surface area contributed by atoms with Crippen molar-refractivity contribution in [3.05, 3.63) is 57.4 Å². The first-order chi connectivity index (χ1) is 13.0. The van der Waals surface area contributed by atoms with Crippen molar-refractivity contribution in [1.82, 2.24) is 4.98 Å². The third kappa shape index (κ3) is 4.87. The van der Waals surface area contributed by atoms with Crippen LogP contribution in [0.15, 0.2) is 46.3 Å². The number of aromatic nitrogens is 1. The number of benzene rings is 2. The van der Waals surface area contributed by atoms with E-state index >= 15 is 0 Å². The number of carbonyl (C=O) groups excluding carboxylic acids is 1. The summed E-state index contributed by atoms with van der Waals surface area (Å²) in [5.74, 6) is 1.27. The Bertz CT molecular complexity index is 931. The number of anilines is 1. The highest BCUT2D eigenvalue weighted by atomic mass is 79.9. The zero-order chi connectivity index (χ0) is 19.4. The van der Waals surface area contributed by atoms with Gasteiger partial charge in [-0.15, -0.1) is 11.3 Å². The Hall–Kier alpha value is -2.38. The van der Waals surface area contributed by atoms with Crippen LogP contribution in [0.5, 0.6) is 11.5 Å². The maximum absolute atomic E-state index is 12.2. The van der Waals surface area contributed by atoms with E-state index in [2.05, 4.69) is 26.2 Å². The summed E-state index contributed by atoms with van der Waals surface area (Å²) in [4.78, 5) is 16.7. The van der Waals surface area contributed by atoms with Gasteiger partial charge in [-0.25, -0.2) is 4.98 Å². The van der Waals surface area contributed by atoms with Gasteiger partial charge in [0.1, 0.15) is 11.5 Å². The average molecular weight is 447 g/mol. The van der Waals surface area contributed by atoms with Gasteiger partial charge in [0.25, 0.3) is 5.91 Å². The topological polar surface area (TPSA) is 60.5 Å². The Morgan fingerprint density at radius 3 is 2.48 bits per heavy atom. The molecule has 0 fully saturated rings. The van der Waals surface area contributed by atoms with E-state index in [1.165, 1.54) is 11.3 Å². The van der Waals surface area contributed by atoms with Gasteiger partial charge in [0.15, 0.2) is 11.7 Å². The SMILES string of the molecule is COc1ccc(-c2csc(NC(=O)COc3c(C)cc(Br)cc3C)n2)cc1. The monoisotopic (exact) mass is 446 g/mol. The van der Waals surface area contributed by atoms with Gasteiger partial charge in [0, 0.05) is 15.4 Å². The van der Waals surface area contributed by atoms with Gasteiger partial charge in [-0.05, 0) is 61.4 Å². The molecule has 1 N–H and O–H groups in total. The molecule has 0 unspecified atom stereocenters. The second-order valence-electron chi connectivity index (χ2n) is 5.97. The van der Waals surface area contributed by atoms with Crippen LogP contribution in [-0.2, 0) is 4.79 Å². The zero-order valence-electron chi connectivity index (χ0n) is 15.2. The lowest BCUT2D eigenvalue weighted by Crippen LogP contribution is -2.20. The molecule has 2 aromatic carbocycles. The van der Waals surface area contributed by atoms with Crippen LogP contribution in [0.1, 0.15) is 11.1 Å². The summed E-state index contributed by atoms with van der Waals surface area (Å²) >= 11 is 4.83. The van der Waals surface area contributed by atoms with Crippen LogP contribution in [-0.4, -0.2) is 24.6 Å². The molecule has 0 aliphatic carbocycles. The first-order valence-corrected chi connectivity index (χ1v) is 9.93. The molecule has 5 nitrogen and oxygen atoms in total. The van der Waals surface area contributed by atoms with Crippen molar-refractivity contribution in [2.75, 3.05) is 19.0 Å². The summed E-state index contributed by atoms with van der Waals surface area (Å²) in [6.45, 7) is 3.83. The third-order valence-electron chi connectivity index (χ3n) is 3.91. The summed E-state index contributed by atoms with van der Waals surface area (Å²) in [5, 5.41) is 5.23. The Morgan fingerprint density at radius 1 is 1.19 bits per heavy atom. The Morgan fingerprint density at radius 2 is 1.85 bits per heavy atom. The highest BCUT2D eigenvalue weighted by Crippen LogP contribution is 2.28. The molecule has 7 heteroatoms. The molecule has 27 heavy (non-hydrogen) atoms. The number of rotatable bonds is 6. The highest BCUT2D eigenvalue weighted by Gasteiger charge is 2.11. The number of nitrogens with zero attached hydrogens (tertiary/aromatic N) is 1. The number of halogens is 1. The summed E-state index contributed by atoms with van der Waals surface area (Å²) in [6.07, 6.45) is 0. The maximum Gasteiger partial charge on any atom is 0.264 e. The number of aryl methyl sites for hydroxylation is 2. The second-order valence-corrected chi connectivity index (χ2v) is 7.75. The number of methoxy groups -OCH3 is 1. The number of ether oxygens (including phenoxy) is 2. The fourth-order valence-electron chi connectivity index (χ4n) is 2.64. The largest absolute Gasteiger partial charge is 0.497 e. The van der Waals surface area contributed by atoms with Gasteiger partial charge < -0.3 is 9.47 Å². The van der Waals surface area contributed by atoms with Crippen LogP contribution in [0.2, 0.25) is 0 Å². The first kappa shape index (κ1) is 19.4. The molecular formula is C20H19BrN2O3S. The predicted molar refractivity (Wildman–Crippen MR) is 112 cm³/mol.